The Bertz CT molecular complexity index is 313. The van der Waals surface area contributed by atoms with Gasteiger partial charge in [0.05, 0.1) is 0 Å². The molecule has 0 saturated carbocycles. The summed E-state index contributed by atoms with van der Waals surface area (Å²) in [6.45, 7) is 8.52. The van der Waals surface area contributed by atoms with Crippen LogP contribution in [0.1, 0.15) is 33.1 Å². The van der Waals surface area contributed by atoms with E-state index in [4.69, 9.17) is 9.90 Å². The van der Waals surface area contributed by atoms with E-state index >= 15 is 0 Å². The monoisotopic (exact) mass is 282 g/mol. The number of carboxylic acids is 1. The summed E-state index contributed by atoms with van der Waals surface area (Å²) in [5.41, 5.74) is 0.469. The molecule has 1 unspecified atom stereocenters. The lowest BCUT2D eigenvalue weighted by Gasteiger charge is -2.36. The predicted molar refractivity (Wildman–Crippen MR) is 65.0 cm³/mol. The van der Waals surface area contributed by atoms with Crippen LogP contribution in [0.15, 0.2) is 0 Å². The van der Waals surface area contributed by atoms with E-state index in [2.05, 4.69) is 24.1 Å². The first-order valence-electron chi connectivity index (χ1n) is 6.42. The highest BCUT2D eigenvalue weighted by Gasteiger charge is 2.38. The van der Waals surface area contributed by atoms with Crippen molar-refractivity contribution in [2.24, 2.45) is 0 Å². The molecule has 4 nitrogen and oxygen atoms in total. The number of halogens is 3. The summed E-state index contributed by atoms with van der Waals surface area (Å²) in [6.07, 6.45) is -0.962. The van der Waals surface area contributed by atoms with Gasteiger partial charge >= 0.3 is 12.1 Å². The smallest absolute Gasteiger partial charge is 0.475 e. The minimum Gasteiger partial charge on any atom is -0.475 e. The lowest BCUT2D eigenvalue weighted by molar-refractivity contribution is -0.192. The topological polar surface area (TPSA) is 52.6 Å². The maximum absolute atomic E-state index is 10.6. The van der Waals surface area contributed by atoms with Crippen LogP contribution in [0.5, 0.6) is 0 Å². The number of hydrogen-bond acceptors (Lipinski definition) is 3. The SMILES string of the molecule is CC1(C)CCCN1C1CCNC1.O=C(O)C(F)(F)F. The molecule has 0 spiro atoms. The molecule has 0 aromatic heterocycles. The number of likely N-dealkylation sites (tertiary alicyclic amines) is 1. The quantitative estimate of drug-likeness (QED) is 0.771. The number of carboxylic acid groups (broad SMARTS) is 1. The number of hydrogen-bond donors (Lipinski definition) is 2. The summed E-state index contributed by atoms with van der Waals surface area (Å²) in [7, 11) is 0. The van der Waals surface area contributed by atoms with Crippen molar-refractivity contribution in [2.45, 2.75) is 50.9 Å². The molecule has 2 heterocycles. The molecule has 2 aliphatic heterocycles. The van der Waals surface area contributed by atoms with Crippen molar-refractivity contribution in [3.63, 3.8) is 0 Å². The molecule has 112 valence electrons. The highest BCUT2D eigenvalue weighted by atomic mass is 19.4. The molecule has 2 aliphatic rings. The van der Waals surface area contributed by atoms with E-state index in [0.717, 1.165) is 6.04 Å². The van der Waals surface area contributed by atoms with Gasteiger partial charge in [0.15, 0.2) is 0 Å². The lowest BCUT2D eigenvalue weighted by Crippen LogP contribution is -2.46. The van der Waals surface area contributed by atoms with Crippen LogP contribution in [-0.2, 0) is 4.79 Å². The molecule has 2 N–H and O–H groups in total. The van der Waals surface area contributed by atoms with Gasteiger partial charge < -0.3 is 10.4 Å². The molecular weight excluding hydrogens is 261 g/mol. The van der Waals surface area contributed by atoms with Crippen molar-refractivity contribution in [3.05, 3.63) is 0 Å². The molecule has 19 heavy (non-hydrogen) atoms. The third kappa shape index (κ3) is 4.65. The second kappa shape index (κ2) is 6.09. The Balaban J connectivity index is 0.000000224. The van der Waals surface area contributed by atoms with Gasteiger partial charge in [-0.15, -0.1) is 0 Å². The Morgan fingerprint density at radius 3 is 2.32 bits per heavy atom. The third-order valence-electron chi connectivity index (χ3n) is 3.68. The molecule has 0 amide bonds. The van der Waals surface area contributed by atoms with Gasteiger partial charge in [-0.1, -0.05) is 0 Å². The largest absolute Gasteiger partial charge is 0.490 e. The zero-order valence-electron chi connectivity index (χ0n) is 11.3. The zero-order chi connectivity index (χ0) is 14.7. The van der Waals surface area contributed by atoms with Crippen LogP contribution in [0.4, 0.5) is 13.2 Å². The Kier molecular flexibility index (Phi) is 5.20. The Hall–Kier alpha value is -0.820. The summed E-state index contributed by atoms with van der Waals surface area (Å²) in [4.78, 5) is 11.6. The molecule has 2 fully saturated rings. The van der Waals surface area contributed by atoms with E-state index in [1.54, 1.807) is 0 Å². The first-order chi connectivity index (χ1) is 8.64. The summed E-state index contributed by atoms with van der Waals surface area (Å²) in [6, 6.07) is 0.822. The fourth-order valence-corrected chi connectivity index (χ4v) is 2.71. The third-order valence-corrected chi connectivity index (χ3v) is 3.68. The number of aliphatic carboxylic acids is 1. The maximum Gasteiger partial charge on any atom is 0.490 e. The number of carbonyl (C=O) groups is 1. The summed E-state index contributed by atoms with van der Waals surface area (Å²) in [5, 5.41) is 10.6. The molecule has 2 rings (SSSR count). The van der Waals surface area contributed by atoms with Crippen molar-refractivity contribution < 1.29 is 23.1 Å². The molecular formula is C12H21F3N2O2. The summed E-state index contributed by atoms with van der Waals surface area (Å²) in [5.74, 6) is -2.76. The first kappa shape index (κ1) is 16.2. The number of nitrogens with one attached hydrogen (secondary N) is 1. The molecule has 7 heteroatoms. The molecule has 0 aromatic rings. The molecule has 0 radical (unpaired) electrons. The normalized spacial score (nSPS) is 26.9. The van der Waals surface area contributed by atoms with Gasteiger partial charge in [-0.05, 0) is 46.2 Å². The highest BCUT2D eigenvalue weighted by molar-refractivity contribution is 5.73. The Morgan fingerprint density at radius 1 is 1.42 bits per heavy atom. The Labute approximate surface area is 111 Å². The molecule has 1 atom stereocenters. The maximum atomic E-state index is 10.6. The van der Waals surface area contributed by atoms with Gasteiger partial charge in [0.2, 0.25) is 0 Å². The summed E-state index contributed by atoms with van der Waals surface area (Å²) >= 11 is 0. The number of alkyl halides is 3. The standard InChI is InChI=1S/C10H20N2.C2HF3O2/c1-10(2)5-3-7-12(10)9-4-6-11-8-9;3-2(4,5)1(6)7/h9,11H,3-8H2,1-2H3;(H,6,7). The van der Waals surface area contributed by atoms with Crippen LogP contribution in [0.3, 0.4) is 0 Å². The van der Waals surface area contributed by atoms with Crippen LogP contribution in [-0.4, -0.2) is 53.4 Å². The van der Waals surface area contributed by atoms with Crippen LogP contribution < -0.4 is 5.32 Å². The number of nitrogens with zero attached hydrogens (tertiary/aromatic N) is 1. The lowest BCUT2D eigenvalue weighted by atomic mass is 10.0. The number of rotatable bonds is 1. The second-order valence-electron chi connectivity index (χ2n) is 5.56. The van der Waals surface area contributed by atoms with Gasteiger partial charge in [-0.2, -0.15) is 13.2 Å². The Morgan fingerprint density at radius 2 is 2.00 bits per heavy atom. The van der Waals surface area contributed by atoms with Gasteiger partial charge in [0.25, 0.3) is 0 Å². The first-order valence-corrected chi connectivity index (χ1v) is 6.42. The van der Waals surface area contributed by atoms with Crippen LogP contribution >= 0.6 is 0 Å². The van der Waals surface area contributed by atoms with Gasteiger partial charge in [-0.3, -0.25) is 4.90 Å². The second-order valence-corrected chi connectivity index (χ2v) is 5.56. The van der Waals surface area contributed by atoms with Crippen LogP contribution in [0.25, 0.3) is 0 Å². The zero-order valence-corrected chi connectivity index (χ0v) is 11.3. The van der Waals surface area contributed by atoms with E-state index in [-0.39, 0.29) is 0 Å². The van der Waals surface area contributed by atoms with E-state index in [1.807, 2.05) is 0 Å². The van der Waals surface area contributed by atoms with E-state index < -0.39 is 12.1 Å². The highest BCUT2D eigenvalue weighted by Crippen LogP contribution is 2.31. The van der Waals surface area contributed by atoms with Crippen molar-refractivity contribution in [2.75, 3.05) is 19.6 Å². The molecule has 2 saturated heterocycles. The van der Waals surface area contributed by atoms with Crippen LogP contribution in [0.2, 0.25) is 0 Å². The van der Waals surface area contributed by atoms with E-state index in [1.165, 1.54) is 38.9 Å². The fourth-order valence-electron chi connectivity index (χ4n) is 2.71. The minimum atomic E-state index is -5.08. The van der Waals surface area contributed by atoms with Gasteiger partial charge in [-0.25, -0.2) is 4.79 Å². The van der Waals surface area contributed by atoms with Crippen molar-refractivity contribution in [1.29, 1.82) is 0 Å². The fraction of sp³-hybridized carbons (Fsp3) is 0.917. The average Bonchev–Trinajstić information content (AvgIpc) is 2.85. The van der Waals surface area contributed by atoms with Crippen LogP contribution in [0, 0.1) is 0 Å². The van der Waals surface area contributed by atoms with Gasteiger partial charge in [0, 0.05) is 18.1 Å². The molecule has 0 bridgehead atoms. The van der Waals surface area contributed by atoms with Crippen molar-refractivity contribution in [1.82, 2.24) is 10.2 Å². The molecule has 0 aliphatic carbocycles. The van der Waals surface area contributed by atoms with Crippen molar-refractivity contribution >= 4 is 5.97 Å². The van der Waals surface area contributed by atoms with E-state index in [0.29, 0.717) is 5.54 Å². The van der Waals surface area contributed by atoms with Gasteiger partial charge in [0.1, 0.15) is 0 Å². The van der Waals surface area contributed by atoms with Crippen molar-refractivity contribution in [3.8, 4) is 0 Å². The minimum absolute atomic E-state index is 0.469. The average molecular weight is 282 g/mol. The van der Waals surface area contributed by atoms with E-state index in [9.17, 15) is 13.2 Å². The summed E-state index contributed by atoms with van der Waals surface area (Å²) < 4.78 is 31.7. The molecule has 0 aromatic carbocycles. The predicted octanol–water partition coefficient (Wildman–Crippen LogP) is 1.86.